The number of unbranched alkanes of at least 4 members (excludes halogenated alkanes) is 3. The quantitative estimate of drug-likeness (QED) is 0.201. The summed E-state index contributed by atoms with van der Waals surface area (Å²) in [5.74, 6) is 1.82. The first-order valence-corrected chi connectivity index (χ1v) is 13.5. The Labute approximate surface area is 205 Å². The molecule has 0 bridgehead atoms. The zero-order valence-electron chi connectivity index (χ0n) is 22.1. The van der Waals surface area contributed by atoms with E-state index in [-0.39, 0.29) is 35.5 Å². The van der Waals surface area contributed by atoms with E-state index in [9.17, 15) is 9.59 Å². The molecule has 1 fully saturated rings. The number of fused-ring (bicyclic) bond motifs is 3. The fourth-order valence-electron chi connectivity index (χ4n) is 5.70. The molecule has 2 aliphatic rings. The molecule has 5 nitrogen and oxygen atoms in total. The predicted molar refractivity (Wildman–Crippen MR) is 135 cm³/mol. The molecule has 0 radical (unpaired) electrons. The van der Waals surface area contributed by atoms with Gasteiger partial charge in [0.1, 0.15) is 23.2 Å². The Balaban J connectivity index is 1.97. The maximum Gasteiger partial charge on any atom is 0.310 e. The van der Waals surface area contributed by atoms with Gasteiger partial charge in [0.2, 0.25) is 0 Å². The first-order valence-electron chi connectivity index (χ1n) is 13.5. The zero-order chi connectivity index (χ0) is 24.9. The number of hydrogen-bond donors (Lipinski definition) is 0. The van der Waals surface area contributed by atoms with Crippen molar-refractivity contribution in [2.45, 2.75) is 129 Å². The van der Waals surface area contributed by atoms with Crippen molar-refractivity contribution in [3.05, 3.63) is 23.3 Å². The number of ether oxygens (including phenoxy) is 3. The highest BCUT2D eigenvalue weighted by molar-refractivity contribution is 5.73. The monoisotopic (exact) mass is 472 g/mol. The first-order chi connectivity index (χ1) is 16.2. The second-order valence-corrected chi connectivity index (χ2v) is 10.7. The number of carbonyl (C=O) groups is 2. The smallest absolute Gasteiger partial charge is 0.310 e. The Bertz CT molecular complexity index is 858. The molecule has 0 aromatic heterocycles. The first kappa shape index (κ1) is 26.6. The fourth-order valence-corrected chi connectivity index (χ4v) is 5.70. The molecule has 1 saturated carbocycles. The van der Waals surface area contributed by atoms with E-state index >= 15 is 0 Å². The van der Waals surface area contributed by atoms with E-state index in [1.165, 1.54) is 25.7 Å². The van der Waals surface area contributed by atoms with Crippen molar-refractivity contribution in [3.63, 3.8) is 0 Å². The van der Waals surface area contributed by atoms with Crippen molar-refractivity contribution in [1.82, 2.24) is 0 Å². The van der Waals surface area contributed by atoms with Gasteiger partial charge in [-0.3, -0.25) is 9.59 Å². The van der Waals surface area contributed by atoms with Crippen molar-refractivity contribution in [1.29, 1.82) is 0 Å². The summed E-state index contributed by atoms with van der Waals surface area (Å²) in [4.78, 5) is 24.4. The van der Waals surface area contributed by atoms with Gasteiger partial charge in [0, 0.05) is 30.2 Å². The lowest BCUT2D eigenvalue weighted by Crippen LogP contribution is -2.48. The minimum atomic E-state index is -0.341. The van der Waals surface area contributed by atoms with Gasteiger partial charge >= 0.3 is 11.9 Å². The van der Waals surface area contributed by atoms with E-state index in [0.717, 1.165) is 42.6 Å². The number of hydrogen-bond acceptors (Lipinski definition) is 5. The second kappa shape index (κ2) is 11.6. The van der Waals surface area contributed by atoms with E-state index in [2.05, 4.69) is 39.8 Å². The highest BCUT2D eigenvalue weighted by atomic mass is 16.5. The van der Waals surface area contributed by atoms with Gasteiger partial charge < -0.3 is 14.2 Å². The largest absolute Gasteiger partial charge is 0.487 e. The number of rotatable bonds is 10. The van der Waals surface area contributed by atoms with Crippen LogP contribution in [0.15, 0.2) is 12.1 Å². The summed E-state index contributed by atoms with van der Waals surface area (Å²) in [7, 11) is 0. The lowest BCUT2D eigenvalue weighted by Gasteiger charge is -2.49. The Morgan fingerprint density at radius 2 is 1.79 bits per heavy atom. The van der Waals surface area contributed by atoms with Crippen LogP contribution >= 0.6 is 0 Å². The van der Waals surface area contributed by atoms with Crippen LogP contribution in [-0.2, 0) is 14.3 Å². The minimum Gasteiger partial charge on any atom is -0.487 e. The number of esters is 2. The van der Waals surface area contributed by atoms with Crippen LogP contribution in [0.25, 0.3) is 0 Å². The average Bonchev–Trinajstić information content (AvgIpc) is 2.80. The van der Waals surface area contributed by atoms with Crippen LogP contribution in [0.5, 0.6) is 11.5 Å². The molecule has 1 aromatic carbocycles. The third-order valence-corrected chi connectivity index (χ3v) is 7.72. The second-order valence-electron chi connectivity index (χ2n) is 10.7. The standard InChI is InChI=1S/C29H44O5/c1-7-10-11-12-13-19(4)20-16-24(33-27(31)9-3)28-22-18-21(32-26(30)8-2)14-15-23(22)29(5,6)34-25(28)17-20/h16-17,19,21-23H,7-15,18H2,1-6H3. The SMILES string of the molecule is CCCCCCC(C)c1cc(OC(=O)CC)c2c(c1)OC(C)(C)C1CCC(OC(=O)CC)CC21. The topological polar surface area (TPSA) is 61.8 Å². The third-order valence-electron chi connectivity index (χ3n) is 7.72. The van der Waals surface area contributed by atoms with E-state index in [0.29, 0.717) is 24.5 Å². The normalized spacial score (nSPS) is 23.8. The van der Waals surface area contributed by atoms with Crippen LogP contribution < -0.4 is 9.47 Å². The van der Waals surface area contributed by atoms with Gasteiger partial charge in [-0.05, 0) is 63.1 Å². The zero-order valence-corrected chi connectivity index (χ0v) is 22.1. The van der Waals surface area contributed by atoms with E-state index < -0.39 is 0 Å². The Morgan fingerprint density at radius 3 is 2.47 bits per heavy atom. The van der Waals surface area contributed by atoms with Crippen molar-refractivity contribution >= 4 is 11.9 Å². The van der Waals surface area contributed by atoms with Crippen LogP contribution in [0.3, 0.4) is 0 Å². The van der Waals surface area contributed by atoms with Gasteiger partial charge in [-0.15, -0.1) is 0 Å². The van der Waals surface area contributed by atoms with Gasteiger partial charge in [-0.2, -0.15) is 0 Å². The summed E-state index contributed by atoms with van der Waals surface area (Å²) in [5, 5.41) is 0. The number of carbonyl (C=O) groups excluding carboxylic acids is 2. The third kappa shape index (κ3) is 6.14. The maximum atomic E-state index is 12.4. The van der Waals surface area contributed by atoms with Crippen LogP contribution in [0.2, 0.25) is 0 Å². The van der Waals surface area contributed by atoms with E-state index in [1.54, 1.807) is 0 Å². The van der Waals surface area contributed by atoms with Gasteiger partial charge in [-0.1, -0.05) is 53.4 Å². The Morgan fingerprint density at radius 1 is 1.06 bits per heavy atom. The molecule has 3 rings (SSSR count). The van der Waals surface area contributed by atoms with E-state index in [1.807, 2.05) is 13.8 Å². The molecule has 1 heterocycles. The molecule has 34 heavy (non-hydrogen) atoms. The van der Waals surface area contributed by atoms with Crippen LogP contribution in [0, 0.1) is 5.92 Å². The van der Waals surface area contributed by atoms with Gasteiger partial charge in [0.25, 0.3) is 0 Å². The van der Waals surface area contributed by atoms with Gasteiger partial charge in [0.05, 0.1) is 0 Å². The molecular formula is C29H44O5. The summed E-state index contributed by atoms with van der Waals surface area (Å²) >= 11 is 0. The van der Waals surface area contributed by atoms with Crippen LogP contribution in [0.4, 0.5) is 0 Å². The Hall–Kier alpha value is -2.04. The molecule has 1 aromatic rings. The molecule has 4 atom stereocenters. The molecular weight excluding hydrogens is 428 g/mol. The maximum absolute atomic E-state index is 12.4. The summed E-state index contributed by atoms with van der Waals surface area (Å²) in [6.45, 7) is 12.4. The van der Waals surface area contributed by atoms with Crippen molar-refractivity contribution < 1.29 is 23.8 Å². The van der Waals surface area contributed by atoms with Crippen LogP contribution in [0.1, 0.15) is 129 Å². The van der Waals surface area contributed by atoms with Crippen molar-refractivity contribution in [2.24, 2.45) is 5.92 Å². The predicted octanol–water partition coefficient (Wildman–Crippen LogP) is 7.45. The molecule has 0 spiro atoms. The lowest BCUT2D eigenvalue weighted by molar-refractivity contribution is -0.152. The minimum absolute atomic E-state index is 0.109. The van der Waals surface area contributed by atoms with Gasteiger partial charge in [-0.25, -0.2) is 0 Å². The summed E-state index contributed by atoms with van der Waals surface area (Å²) < 4.78 is 18.3. The van der Waals surface area contributed by atoms with Crippen molar-refractivity contribution in [2.75, 3.05) is 0 Å². The van der Waals surface area contributed by atoms with E-state index in [4.69, 9.17) is 14.2 Å². The molecule has 0 saturated heterocycles. The summed E-state index contributed by atoms with van der Waals surface area (Å²) in [6.07, 6.45) is 9.11. The highest BCUT2D eigenvalue weighted by Crippen LogP contribution is 2.55. The summed E-state index contributed by atoms with van der Waals surface area (Å²) in [5.41, 5.74) is 1.80. The lowest BCUT2D eigenvalue weighted by atomic mass is 9.65. The molecule has 0 N–H and O–H groups in total. The molecule has 1 aliphatic carbocycles. The van der Waals surface area contributed by atoms with Crippen LogP contribution in [-0.4, -0.2) is 23.6 Å². The molecule has 4 unspecified atom stereocenters. The molecule has 190 valence electrons. The average molecular weight is 473 g/mol. The van der Waals surface area contributed by atoms with Crippen molar-refractivity contribution in [3.8, 4) is 11.5 Å². The number of benzene rings is 1. The highest BCUT2D eigenvalue weighted by Gasteiger charge is 2.48. The molecule has 0 amide bonds. The fraction of sp³-hybridized carbons (Fsp3) is 0.724. The van der Waals surface area contributed by atoms with Gasteiger partial charge in [0.15, 0.2) is 0 Å². The summed E-state index contributed by atoms with van der Waals surface area (Å²) in [6, 6.07) is 4.24. The molecule has 5 heteroatoms. The molecule has 1 aliphatic heterocycles. The Kier molecular flexibility index (Phi) is 9.06.